The number of rotatable bonds is 2. The first kappa shape index (κ1) is 12.5. The van der Waals surface area contributed by atoms with Gasteiger partial charge < -0.3 is 5.11 Å². The van der Waals surface area contributed by atoms with E-state index in [1.807, 2.05) is 37.3 Å². The van der Waals surface area contributed by atoms with Gasteiger partial charge in [-0.05, 0) is 63.1 Å². The van der Waals surface area contributed by atoms with Crippen LogP contribution >= 0.6 is 49.9 Å². The minimum atomic E-state index is -0.525. The fourth-order valence-corrected chi connectivity index (χ4v) is 3.72. The number of halogens is 2. The van der Waals surface area contributed by atoms with Crippen molar-refractivity contribution < 1.29 is 5.11 Å². The van der Waals surface area contributed by atoms with Crippen LogP contribution in [0.3, 0.4) is 0 Å². The fourth-order valence-electron chi connectivity index (χ4n) is 1.47. The minimum Gasteiger partial charge on any atom is -0.383 e. The first-order chi connectivity index (χ1) is 7.59. The summed E-state index contributed by atoms with van der Waals surface area (Å²) >= 11 is 7.35. The highest BCUT2D eigenvalue weighted by atomic mass is 127. The van der Waals surface area contributed by atoms with Gasteiger partial charge in [-0.15, -0.1) is 11.3 Å². The normalized spacial score (nSPS) is 12.8. The Hall–Kier alpha value is 0.0900. The molecule has 0 saturated heterocycles. The lowest BCUT2D eigenvalue weighted by molar-refractivity contribution is 0.223. The standard InChI is InChI=1S/C12H10BrIOS/c1-7-9(13)6-11(16-7)12(15)8-4-2-3-5-10(8)14/h2-6,12,15H,1H3. The Morgan fingerprint density at radius 2 is 2.06 bits per heavy atom. The second kappa shape index (κ2) is 5.16. The van der Waals surface area contributed by atoms with Gasteiger partial charge in [0, 0.05) is 17.8 Å². The summed E-state index contributed by atoms with van der Waals surface area (Å²) in [6, 6.07) is 9.90. The Bertz CT molecular complexity index is 490. The van der Waals surface area contributed by atoms with E-state index in [0.29, 0.717) is 0 Å². The summed E-state index contributed by atoms with van der Waals surface area (Å²) in [6.45, 7) is 2.04. The Morgan fingerprint density at radius 3 is 2.62 bits per heavy atom. The molecule has 0 saturated carbocycles. The Labute approximate surface area is 121 Å². The molecule has 0 aliphatic heterocycles. The molecule has 4 heteroatoms. The molecule has 1 unspecified atom stereocenters. The van der Waals surface area contributed by atoms with Gasteiger partial charge >= 0.3 is 0 Å². The van der Waals surface area contributed by atoms with Crippen molar-refractivity contribution in [2.45, 2.75) is 13.0 Å². The number of aliphatic hydroxyl groups is 1. The van der Waals surface area contributed by atoms with Gasteiger partial charge in [0.2, 0.25) is 0 Å². The highest BCUT2D eigenvalue weighted by molar-refractivity contribution is 14.1. The van der Waals surface area contributed by atoms with E-state index >= 15 is 0 Å². The van der Waals surface area contributed by atoms with Crippen molar-refractivity contribution in [1.29, 1.82) is 0 Å². The maximum atomic E-state index is 10.3. The summed E-state index contributed by atoms with van der Waals surface area (Å²) in [5.41, 5.74) is 0.969. The lowest BCUT2D eigenvalue weighted by Gasteiger charge is -2.10. The summed E-state index contributed by atoms with van der Waals surface area (Å²) < 4.78 is 2.16. The van der Waals surface area contributed by atoms with Crippen LogP contribution in [0, 0.1) is 10.5 Å². The molecule has 16 heavy (non-hydrogen) atoms. The molecular formula is C12H10BrIOS. The van der Waals surface area contributed by atoms with Gasteiger partial charge in [0.05, 0.1) is 0 Å². The van der Waals surface area contributed by atoms with Gasteiger partial charge in [0.1, 0.15) is 6.10 Å². The summed E-state index contributed by atoms with van der Waals surface area (Å²) in [4.78, 5) is 2.17. The van der Waals surface area contributed by atoms with Crippen LogP contribution in [-0.4, -0.2) is 5.11 Å². The van der Waals surface area contributed by atoms with Gasteiger partial charge in [-0.2, -0.15) is 0 Å². The van der Waals surface area contributed by atoms with Crippen molar-refractivity contribution in [3.63, 3.8) is 0 Å². The molecule has 1 aromatic heterocycles. The van der Waals surface area contributed by atoms with Crippen LogP contribution in [0.25, 0.3) is 0 Å². The topological polar surface area (TPSA) is 20.2 Å². The van der Waals surface area contributed by atoms with E-state index in [4.69, 9.17) is 0 Å². The third kappa shape index (κ3) is 2.50. The second-order valence-corrected chi connectivity index (χ2v) is 6.78. The van der Waals surface area contributed by atoms with Gasteiger partial charge in [-0.1, -0.05) is 18.2 Å². The summed E-state index contributed by atoms with van der Waals surface area (Å²) in [5, 5.41) is 10.3. The second-order valence-electron chi connectivity index (χ2n) is 3.48. The van der Waals surface area contributed by atoms with E-state index in [-0.39, 0.29) is 0 Å². The largest absolute Gasteiger partial charge is 0.383 e. The van der Waals surface area contributed by atoms with Crippen molar-refractivity contribution in [1.82, 2.24) is 0 Å². The molecule has 0 radical (unpaired) electrons. The van der Waals surface area contributed by atoms with Crippen molar-refractivity contribution >= 4 is 49.9 Å². The summed E-state index contributed by atoms with van der Waals surface area (Å²) in [6.07, 6.45) is -0.525. The predicted octanol–water partition coefficient (Wildman–Crippen LogP) is 4.51. The van der Waals surface area contributed by atoms with Crippen LogP contribution in [0.4, 0.5) is 0 Å². The van der Waals surface area contributed by atoms with E-state index in [2.05, 4.69) is 38.5 Å². The zero-order valence-corrected chi connectivity index (χ0v) is 13.1. The quantitative estimate of drug-likeness (QED) is 0.725. The first-order valence-corrected chi connectivity index (χ1v) is 7.46. The van der Waals surface area contributed by atoms with Crippen molar-refractivity contribution in [3.05, 3.63) is 53.7 Å². The monoisotopic (exact) mass is 408 g/mol. The maximum absolute atomic E-state index is 10.3. The molecule has 1 N–H and O–H groups in total. The van der Waals surface area contributed by atoms with E-state index in [1.54, 1.807) is 11.3 Å². The molecule has 1 heterocycles. The highest BCUT2D eigenvalue weighted by Crippen LogP contribution is 2.34. The van der Waals surface area contributed by atoms with Gasteiger partial charge in [-0.25, -0.2) is 0 Å². The SMILES string of the molecule is Cc1sc(C(O)c2ccccc2I)cc1Br. The molecule has 0 fully saturated rings. The molecular weight excluding hydrogens is 399 g/mol. The van der Waals surface area contributed by atoms with Crippen LogP contribution in [0.2, 0.25) is 0 Å². The van der Waals surface area contributed by atoms with Crippen LogP contribution in [0.15, 0.2) is 34.8 Å². The Kier molecular flexibility index (Phi) is 4.05. The molecule has 0 aliphatic carbocycles. The number of aryl methyl sites for hydroxylation is 1. The molecule has 2 rings (SSSR count). The summed E-state index contributed by atoms with van der Waals surface area (Å²) in [7, 11) is 0. The number of thiophene rings is 1. The molecule has 0 amide bonds. The average Bonchev–Trinajstić information content (AvgIpc) is 2.59. The maximum Gasteiger partial charge on any atom is 0.114 e. The molecule has 0 bridgehead atoms. The third-order valence-electron chi connectivity index (χ3n) is 2.35. The number of benzene rings is 1. The van der Waals surface area contributed by atoms with Crippen molar-refractivity contribution in [2.75, 3.05) is 0 Å². The zero-order valence-electron chi connectivity index (χ0n) is 8.58. The van der Waals surface area contributed by atoms with Gasteiger partial charge in [0.25, 0.3) is 0 Å². The lowest BCUT2D eigenvalue weighted by atomic mass is 10.1. The van der Waals surface area contributed by atoms with E-state index < -0.39 is 6.10 Å². The van der Waals surface area contributed by atoms with Crippen LogP contribution in [0.5, 0.6) is 0 Å². The molecule has 84 valence electrons. The molecule has 1 nitrogen and oxygen atoms in total. The minimum absolute atomic E-state index is 0.525. The Morgan fingerprint density at radius 1 is 1.38 bits per heavy atom. The predicted molar refractivity (Wildman–Crippen MR) is 80.0 cm³/mol. The highest BCUT2D eigenvalue weighted by Gasteiger charge is 2.16. The summed E-state index contributed by atoms with van der Waals surface area (Å²) in [5.74, 6) is 0. The smallest absolute Gasteiger partial charge is 0.114 e. The molecule has 1 atom stereocenters. The third-order valence-corrected chi connectivity index (χ3v) is 5.52. The van der Waals surface area contributed by atoms with Crippen molar-refractivity contribution in [2.24, 2.45) is 0 Å². The Balaban J connectivity index is 2.39. The van der Waals surface area contributed by atoms with Crippen molar-refractivity contribution in [3.8, 4) is 0 Å². The lowest BCUT2D eigenvalue weighted by Crippen LogP contribution is -1.99. The van der Waals surface area contributed by atoms with E-state index in [0.717, 1.165) is 18.5 Å². The van der Waals surface area contributed by atoms with Crippen LogP contribution in [0.1, 0.15) is 21.4 Å². The van der Waals surface area contributed by atoms with E-state index in [9.17, 15) is 5.11 Å². The number of aliphatic hydroxyl groups excluding tert-OH is 1. The van der Waals surface area contributed by atoms with Gasteiger partial charge in [0.15, 0.2) is 0 Å². The molecule has 1 aromatic carbocycles. The first-order valence-electron chi connectivity index (χ1n) is 4.78. The average molecular weight is 409 g/mol. The van der Waals surface area contributed by atoms with E-state index in [1.165, 1.54) is 4.88 Å². The van der Waals surface area contributed by atoms with Crippen LogP contribution in [-0.2, 0) is 0 Å². The zero-order chi connectivity index (χ0) is 11.7. The van der Waals surface area contributed by atoms with Crippen LogP contribution < -0.4 is 0 Å². The fraction of sp³-hybridized carbons (Fsp3) is 0.167. The number of hydrogen-bond acceptors (Lipinski definition) is 2. The van der Waals surface area contributed by atoms with Gasteiger partial charge in [-0.3, -0.25) is 0 Å². The number of hydrogen-bond donors (Lipinski definition) is 1. The molecule has 0 aliphatic rings. The molecule has 0 spiro atoms. The molecule has 2 aromatic rings.